The molecule has 0 aliphatic carbocycles. The van der Waals surface area contributed by atoms with Crippen LogP contribution in [-0.2, 0) is 10.0 Å². The Morgan fingerprint density at radius 3 is 2.95 bits per heavy atom. The number of ether oxygens (including phenoxy) is 1. The van der Waals surface area contributed by atoms with E-state index in [-0.39, 0.29) is 17.4 Å². The number of aliphatic hydroxyl groups is 1. The lowest BCUT2D eigenvalue weighted by atomic mass is 10.0. The van der Waals surface area contributed by atoms with Crippen LogP contribution in [0.25, 0.3) is 0 Å². The fourth-order valence-corrected chi connectivity index (χ4v) is 4.35. The molecule has 19 heavy (non-hydrogen) atoms. The van der Waals surface area contributed by atoms with Crippen LogP contribution < -0.4 is 4.74 Å². The molecule has 6 nitrogen and oxygen atoms in total. The molecule has 1 atom stereocenters. The first-order chi connectivity index (χ1) is 8.95. The summed E-state index contributed by atoms with van der Waals surface area (Å²) >= 11 is 0. The second-order valence-electron chi connectivity index (χ2n) is 4.85. The first-order valence-corrected chi connectivity index (χ1v) is 7.52. The van der Waals surface area contributed by atoms with Gasteiger partial charge >= 0.3 is 0 Å². The highest BCUT2D eigenvalue weighted by atomic mass is 32.2. The van der Waals surface area contributed by atoms with Gasteiger partial charge in [0.25, 0.3) is 0 Å². The van der Waals surface area contributed by atoms with Crippen LogP contribution in [0.5, 0.6) is 5.88 Å². The van der Waals surface area contributed by atoms with Gasteiger partial charge in [-0.1, -0.05) is 0 Å². The Kier molecular flexibility index (Phi) is 3.80. The van der Waals surface area contributed by atoms with E-state index in [1.54, 1.807) is 13.0 Å². The fraction of sp³-hybridized carbons (Fsp3) is 0.583. The molecule has 1 aromatic rings. The van der Waals surface area contributed by atoms with Gasteiger partial charge in [-0.3, -0.25) is 0 Å². The van der Waals surface area contributed by atoms with E-state index in [9.17, 15) is 13.5 Å². The lowest BCUT2D eigenvalue weighted by Crippen LogP contribution is -2.47. The summed E-state index contributed by atoms with van der Waals surface area (Å²) in [6.07, 6.45) is 2.86. The van der Waals surface area contributed by atoms with Crippen molar-refractivity contribution in [3.8, 4) is 5.88 Å². The Morgan fingerprint density at radius 2 is 2.32 bits per heavy atom. The molecule has 1 unspecified atom stereocenters. The van der Waals surface area contributed by atoms with E-state index in [1.165, 1.54) is 23.7 Å². The molecule has 1 fully saturated rings. The Hall–Kier alpha value is -1.18. The van der Waals surface area contributed by atoms with Gasteiger partial charge in [0.15, 0.2) is 0 Å². The number of pyridine rings is 1. The minimum absolute atomic E-state index is 0.0408. The van der Waals surface area contributed by atoms with Crippen LogP contribution in [0.1, 0.15) is 19.8 Å². The number of sulfonamides is 1. The highest BCUT2D eigenvalue weighted by molar-refractivity contribution is 7.89. The Morgan fingerprint density at radius 1 is 1.58 bits per heavy atom. The van der Waals surface area contributed by atoms with Gasteiger partial charge in [-0.2, -0.15) is 4.31 Å². The van der Waals surface area contributed by atoms with Crippen LogP contribution in [0.3, 0.4) is 0 Å². The van der Waals surface area contributed by atoms with E-state index in [1.807, 2.05) is 0 Å². The summed E-state index contributed by atoms with van der Waals surface area (Å²) in [5.41, 5.74) is -0.750. The third-order valence-corrected chi connectivity index (χ3v) is 5.59. The van der Waals surface area contributed by atoms with Crippen molar-refractivity contribution < 1.29 is 18.3 Å². The molecule has 1 aromatic heterocycles. The van der Waals surface area contributed by atoms with Gasteiger partial charge in [0.1, 0.15) is 4.90 Å². The molecule has 1 N–H and O–H groups in total. The van der Waals surface area contributed by atoms with E-state index in [4.69, 9.17) is 4.74 Å². The lowest BCUT2D eigenvalue weighted by molar-refractivity contribution is 0.136. The molecule has 0 amide bonds. The summed E-state index contributed by atoms with van der Waals surface area (Å²) in [6, 6.07) is 3.03. The summed E-state index contributed by atoms with van der Waals surface area (Å²) in [6.45, 7) is 1.95. The predicted molar refractivity (Wildman–Crippen MR) is 69.4 cm³/mol. The molecule has 106 valence electrons. The van der Waals surface area contributed by atoms with Crippen molar-refractivity contribution in [3.05, 3.63) is 18.3 Å². The molecule has 0 aromatic carbocycles. The number of aliphatic hydroxyl groups excluding tert-OH is 1. The summed E-state index contributed by atoms with van der Waals surface area (Å²) in [4.78, 5) is 3.96. The standard InChI is InChI=1S/C12H18N2O4S/c1-12(9-15)6-4-8-14(12)19(16,17)10-5-3-7-13-11(10)18-2/h3,5,7,15H,4,6,8-9H2,1-2H3. The number of hydrogen-bond acceptors (Lipinski definition) is 5. The van der Waals surface area contributed by atoms with E-state index < -0.39 is 15.6 Å². The number of aromatic nitrogens is 1. The van der Waals surface area contributed by atoms with E-state index in [2.05, 4.69) is 4.98 Å². The maximum Gasteiger partial charge on any atom is 0.249 e. The second kappa shape index (κ2) is 5.07. The Labute approximate surface area is 113 Å². The molecule has 1 aliphatic rings. The maximum atomic E-state index is 12.7. The quantitative estimate of drug-likeness (QED) is 0.878. The second-order valence-corrected chi connectivity index (χ2v) is 6.68. The molecule has 2 rings (SSSR count). The number of nitrogens with zero attached hydrogens (tertiary/aromatic N) is 2. The van der Waals surface area contributed by atoms with Crippen LogP contribution in [-0.4, -0.2) is 48.6 Å². The summed E-state index contributed by atoms with van der Waals surface area (Å²) in [5.74, 6) is 0.0784. The predicted octanol–water partition coefficient (Wildman–Crippen LogP) is 0.626. The van der Waals surface area contributed by atoms with Crippen molar-refractivity contribution in [3.63, 3.8) is 0 Å². The van der Waals surface area contributed by atoms with Crippen molar-refractivity contribution in [2.45, 2.75) is 30.2 Å². The molecule has 7 heteroatoms. The van der Waals surface area contributed by atoms with Crippen molar-refractivity contribution in [1.82, 2.24) is 9.29 Å². The van der Waals surface area contributed by atoms with E-state index in [0.29, 0.717) is 13.0 Å². The Balaban J connectivity index is 2.48. The van der Waals surface area contributed by atoms with Gasteiger partial charge in [0.2, 0.25) is 15.9 Å². The average Bonchev–Trinajstić information content (AvgIpc) is 2.82. The van der Waals surface area contributed by atoms with E-state index in [0.717, 1.165) is 6.42 Å². The van der Waals surface area contributed by atoms with Crippen LogP contribution in [0.4, 0.5) is 0 Å². The SMILES string of the molecule is COc1ncccc1S(=O)(=O)N1CCCC1(C)CO. The number of rotatable bonds is 4. The topological polar surface area (TPSA) is 79.7 Å². The molecule has 0 spiro atoms. The van der Waals surface area contributed by atoms with Gasteiger partial charge in [-0.15, -0.1) is 0 Å². The third-order valence-electron chi connectivity index (χ3n) is 3.52. The molecular weight excluding hydrogens is 268 g/mol. The monoisotopic (exact) mass is 286 g/mol. The third kappa shape index (κ3) is 2.33. The normalized spacial score (nSPS) is 24.6. The zero-order chi connectivity index (χ0) is 14.1. The van der Waals surface area contributed by atoms with Gasteiger partial charge in [0, 0.05) is 12.7 Å². The number of methoxy groups -OCH3 is 1. The lowest BCUT2D eigenvalue weighted by Gasteiger charge is -2.32. The molecule has 0 radical (unpaired) electrons. The molecule has 0 bridgehead atoms. The maximum absolute atomic E-state index is 12.7. The van der Waals surface area contributed by atoms with Crippen molar-refractivity contribution >= 4 is 10.0 Å². The first kappa shape index (κ1) is 14.2. The van der Waals surface area contributed by atoms with Crippen LogP contribution in [0.15, 0.2) is 23.2 Å². The zero-order valence-corrected chi connectivity index (χ0v) is 11.9. The van der Waals surface area contributed by atoms with Crippen LogP contribution in [0.2, 0.25) is 0 Å². The smallest absolute Gasteiger partial charge is 0.249 e. The van der Waals surface area contributed by atoms with Gasteiger partial charge in [-0.25, -0.2) is 13.4 Å². The largest absolute Gasteiger partial charge is 0.480 e. The molecule has 2 heterocycles. The van der Waals surface area contributed by atoms with Crippen LogP contribution in [0, 0.1) is 0 Å². The fourth-order valence-electron chi connectivity index (χ4n) is 2.41. The molecule has 1 saturated heterocycles. The zero-order valence-electron chi connectivity index (χ0n) is 11.0. The van der Waals surface area contributed by atoms with Crippen molar-refractivity contribution in [2.75, 3.05) is 20.3 Å². The van der Waals surface area contributed by atoms with Crippen LogP contribution >= 0.6 is 0 Å². The van der Waals surface area contributed by atoms with Gasteiger partial charge < -0.3 is 9.84 Å². The summed E-state index contributed by atoms with van der Waals surface area (Å²) < 4.78 is 31.7. The van der Waals surface area contributed by atoms with Gasteiger partial charge in [-0.05, 0) is 31.9 Å². The summed E-state index contributed by atoms with van der Waals surface area (Å²) in [7, 11) is -2.33. The molecular formula is C12H18N2O4S. The summed E-state index contributed by atoms with van der Waals surface area (Å²) in [5, 5.41) is 9.48. The van der Waals surface area contributed by atoms with Gasteiger partial charge in [0.05, 0.1) is 19.3 Å². The Bertz CT molecular complexity index is 561. The molecule has 1 aliphatic heterocycles. The highest BCUT2D eigenvalue weighted by Gasteiger charge is 2.44. The molecule has 0 saturated carbocycles. The minimum atomic E-state index is -3.72. The minimum Gasteiger partial charge on any atom is -0.480 e. The highest BCUT2D eigenvalue weighted by Crippen LogP contribution is 2.35. The van der Waals surface area contributed by atoms with Crippen molar-refractivity contribution in [2.24, 2.45) is 0 Å². The first-order valence-electron chi connectivity index (χ1n) is 6.08. The van der Waals surface area contributed by atoms with Crippen molar-refractivity contribution in [1.29, 1.82) is 0 Å². The average molecular weight is 286 g/mol. The number of hydrogen-bond donors (Lipinski definition) is 1. The van der Waals surface area contributed by atoms with E-state index >= 15 is 0 Å².